The van der Waals surface area contributed by atoms with Gasteiger partial charge < -0.3 is 10.8 Å². The minimum Gasteiger partial charge on any atom is -0.388 e. The highest BCUT2D eigenvalue weighted by molar-refractivity contribution is 5.94. The van der Waals surface area contributed by atoms with E-state index in [0.717, 1.165) is 11.1 Å². The molecule has 0 spiro atoms. The van der Waals surface area contributed by atoms with Gasteiger partial charge in [-0.1, -0.05) is 30.3 Å². The molecule has 0 unspecified atom stereocenters. The van der Waals surface area contributed by atoms with E-state index < -0.39 is 37.3 Å². The van der Waals surface area contributed by atoms with Crippen molar-refractivity contribution in [1.29, 1.82) is 0 Å². The minimum atomic E-state index is -3.18. The highest BCUT2D eigenvalue weighted by Crippen LogP contribution is 2.28. The molecule has 1 heterocycles. The van der Waals surface area contributed by atoms with Crippen molar-refractivity contribution in [2.75, 3.05) is 13.2 Å². The zero-order valence-electron chi connectivity index (χ0n) is 15.0. The topological polar surface area (TPSA) is 93.3 Å². The van der Waals surface area contributed by atoms with E-state index in [-0.39, 0.29) is 18.7 Å². The molecule has 0 aliphatic rings. The largest absolute Gasteiger partial charge is 0.388 e. The van der Waals surface area contributed by atoms with E-state index in [4.69, 9.17) is 5.73 Å². The van der Waals surface area contributed by atoms with Gasteiger partial charge in [0, 0.05) is 30.5 Å². The lowest BCUT2D eigenvalue weighted by molar-refractivity contribution is -0.131. The monoisotopic (exact) mass is 394 g/mol. The Morgan fingerprint density at radius 1 is 1.07 bits per heavy atom. The van der Waals surface area contributed by atoms with Crippen LogP contribution in [0.2, 0.25) is 0 Å². The summed E-state index contributed by atoms with van der Waals surface area (Å²) in [4.78, 5) is 27.0. The molecule has 5 nitrogen and oxygen atoms in total. The van der Waals surface area contributed by atoms with E-state index in [9.17, 15) is 27.9 Å². The fourth-order valence-electron chi connectivity index (χ4n) is 2.73. The Morgan fingerprint density at radius 2 is 1.71 bits per heavy atom. The van der Waals surface area contributed by atoms with Crippen LogP contribution in [0, 0.1) is 5.92 Å². The zero-order chi connectivity index (χ0) is 20.7. The summed E-state index contributed by atoms with van der Waals surface area (Å²) in [5.41, 5.74) is 7.44. The molecule has 2 rings (SSSR count). The van der Waals surface area contributed by atoms with Crippen molar-refractivity contribution >= 4 is 11.6 Å². The lowest BCUT2D eigenvalue weighted by Gasteiger charge is -2.20. The van der Waals surface area contributed by atoms with Crippen LogP contribution in [0.4, 0.5) is 13.2 Å². The van der Waals surface area contributed by atoms with Crippen molar-refractivity contribution in [3.63, 3.8) is 0 Å². The van der Waals surface area contributed by atoms with Gasteiger partial charge in [0.2, 0.25) is 0 Å². The van der Waals surface area contributed by atoms with Crippen molar-refractivity contribution in [3.8, 4) is 11.1 Å². The van der Waals surface area contributed by atoms with Crippen LogP contribution in [-0.4, -0.2) is 41.3 Å². The minimum absolute atomic E-state index is 0.150. The van der Waals surface area contributed by atoms with E-state index in [1.165, 1.54) is 18.3 Å². The summed E-state index contributed by atoms with van der Waals surface area (Å²) in [6.07, 6.45) is -3.56. The van der Waals surface area contributed by atoms with Gasteiger partial charge in [-0.2, -0.15) is 0 Å². The summed E-state index contributed by atoms with van der Waals surface area (Å²) in [6.45, 7) is -0.849. The molecule has 3 N–H and O–H groups in total. The highest BCUT2D eigenvalue weighted by Gasteiger charge is 2.27. The average Bonchev–Trinajstić information content (AvgIpc) is 2.71. The molecule has 0 radical (unpaired) electrons. The van der Waals surface area contributed by atoms with Gasteiger partial charge in [-0.25, -0.2) is 8.78 Å². The fourth-order valence-corrected chi connectivity index (χ4v) is 2.73. The first-order valence-electron chi connectivity index (χ1n) is 8.72. The van der Waals surface area contributed by atoms with E-state index in [1.807, 2.05) is 0 Å². The molecule has 1 aromatic carbocycles. The second kappa shape index (κ2) is 10.1. The molecule has 2 aromatic rings. The van der Waals surface area contributed by atoms with E-state index in [0.29, 0.717) is 11.3 Å². The quantitative estimate of drug-likeness (QED) is 0.604. The first-order chi connectivity index (χ1) is 13.4. The van der Waals surface area contributed by atoms with Crippen LogP contribution < -0.4 is 5.73 Å². The Kier molecular flexibility index (Phi) is 7.83. The number of alkyl halides is 3. The Morgan fingerprint density at radius 3 is 2.21 bits per heavy atom. The molecule has 0 fully saturated rings. The molecular formula is C20H21F3N2O3. The van der Waals surface area contributed by atoms with Crippen molar-refractivity contribution < 1.29 is 27.9 Å². The van der Waals surface area contributed by atoms with Crippen LogP contribution in [0.15, 0.2) is 42.6 Å². The van der Waals surface area contributed by atoms with Gasteiger partial charge in [0.25, 0.3) is 6.43 Å². The number of Topliss-reactive ketones (excluding diaryl/α,β-unsaturated/α-hetero) is 2. The molecule has 8 heteroatoms. The lowest BCUT2D eigenvalue weighted by Crippen LogP contribution is -2.22. The number of pyridine rings is 1. The molecular weight excluding hydrogens is 373 g/mol. The number of benzene rings is 1. The SMILES string of the molecule is NCCC(=O)c1ccc(-c2ccc([C@@H](O)[C@@H](CF)CC(=O)C(F)F)cc2)cn1. The highest BCUT2D eigenvalue weighted by atomic mass is 19.3. The van der Waals surface area contributed by atoms with Gasteiger partial charge >= 0.3 is 0 Å². The lowest BCUT2D eigenvalue weighted by atomic mass is 9.91. The summed E-state index contributed by atoms with van der Waals surface area (Å²) in [5, 5.41) is 10.2. The Labute approximate surface area is 160 Å². The number of carbonyl (C=O) groups is 2. The number of nitrogens with zero attached hydrogens (tertiary/aromatic N) is 1. The second-order valence-corrected chi connectivity index (χ2v) is 6.35. The molecule has 0 saturated carbocycles. The summed E-state index contributed by atoms with van der Waals surface area (Å²) in [5.74, 6) is -2.78. The number of carbonyl (C=O) groups excluding carboxylic acids is 2. The smallest absolute Gasteiger partial charge is 0.295 e. The fraction of sp³-hybridized carbons (Fsp3) is 0.350. The Balaban J connectivity index is 2.11. The maximum absolute atomic E-state index is 13.1. The second-order valence-electron chi connectivity index (χ2n) is 6.35. The third-order valence-corrected chi connectivity index (χ3v) is 4.36. The molecule has 0 bridgehead atoms. The zero-order valence-corrected chi connectivity index (χ0v) is 15.0. The number of hydrogen-bond acceptors (Lipinski definition) is 5. The predicted molar refractivity (Wildman–Crippen MR) is 97.7 cm³/mol. The molecule has 0 amide bonds. The summed E-state index contributed by atoms with van der Waals surface area (Å²) < 4.78 is 37.9. The first kappa shape index (κ1) is 21.7. The summed E-state index contributed by atoms with van der Waals surface area (Å²) in [6, 6.07) is 9.67. The summed E-state index contributed by atoms with van der Waals surface area (Å²) in [7, 11) is 0. The molecule has 28 heavy (non-hydrogen) atoms. The van der Waals surface area contributed by atoms with E-state index in [2.05, 4.69) is 4.98 Å². The third-order valence-electron chi connectivity index (χ3n) is 4.36. The number of aliphatic hydroxyl groups excluding tert-OH is 1. The van der Waals surface area contributed by atoms with Gasteiger partial charge in [-0.15, -0.1) is 0 Å². The van der Waals surface area contributed by atoms with Crippen LogP contribution in [0.5, 0.6) is 0 Å². The molecule has 0 saturated heterocycles. The van der Waals surface area contributed by atoms with Crippen LogP contribution in [0.1, 0.15) is 35.0 Å². The van der Waals surface area contributed by atoms with Gasteiger partial charge in [0.15, 0.2) is 11.6 Å². The van der Waals surface area contributed by atoms with E-state index in [1.54, 1.807) is 24.3 Å². The first-order valence-corrected chi connectivity index (χ1v) is 8.72. The third kappa shape index (κ3) is 5.46. The van der Waals surface area contributed by atoms with Crippen molar-refractivity contribution in [1.82, 2.24) is 4.98 Å². The summed E-state index contributed by atoms with van der Waals surface area (Å²) >= 11 is 0. The van der Waals surface area contributed by atoms with Crippen molar-refractivity contribution in [3.05, 3.63) is 53.9 Å². The number of halogens is 3. The number of nitrogens with two attached hydrogens (primary N) is 1. The molecule has 2 atom stereocenters. The van der Waals surface area contributed by atoms with Crippen LogP contribution in [0.25, 0.3) is 11.1 Å². The van der Waals surface area contributed by atoms with Gasteiger partial charge in [0.1, 0.15) is 5.69 Å². The molecule has 0 aliphatic heterocycles. The molecule has 150 valence electrons. The molecule has 1 aromatic heterocycles. The van der Waals surface area contributed by atoms with Gasteiger partial charge in [-0.3, -0.25) is 19.0 Å². The van der Waals surface area contributed by atoms with E-state index >= 15 is 0 Å². The normalized spacial score (nSPS) is 13.4. The Bertz CT molecular complexity index is 795. The number of aliphatic hydroxyl groups is 1. The standard InChI is InChI=1S/C20H21F3N2O3/c21-10-15(9-18(27)20(22)23)19(28)13-3-1-12(2-4-13)14-5-6-16(25-11-14)17(26)7-8-24/h1-6,11,15,19-20,28H,7-10,24H2/t15-,19-/m1/s1. The van der Waals surface area contributed by atoms with Gasteiger partial charge in [-0.05, 0) is 23.7 Å². The number of hydrogen-bond donors (Lipinski definition) is 2. The van der Waals surface area contributed by atoms with Crippen LogP contribution in [0.3, 0.4) is 0 Å². The predicted octanol–water partition coefficient (Wildman–Crippen LogP) is 3.12. The number of rotatable bonds is 10. The van der Waals surface area contributed by atoms with Crippen LogP contribution in [-0.2, 0) is 4.79 Å². The van der Waals surface area contributed by atoms with Crippen LogP contribution >= 0.6 is 0 Å². The maximum atomic E-state index is 13.1. The Hall–Kier alpha value is -2.58. The number of ketones is 2. The van der Waals surface area contributed by atoms with Gasteiger partial charge in [0.05, 0.1) is 12.8 Å². The van der Waals surface area contributed by atoms with Crippen molar-refractivity contribution in [2.24, 2.45) is 11.7 Å². The van der Waals surface area contributed by atoms with Crippen molar-refractivity contribution in [2.45, 2.75) is 25.4 Å². The molecule has 0 aliphatic carbocycles. The average molecular weight is 394 g/mol. The maximum Gasteiger partial charge on any atom is 0.295 e. The number of aromatic nitrogens is 1.